The third-order valence-corrected chi connectivity index (χ3v) is 1.74. The Balaban J connectivity index is 3.74. The number of hydrogen-bond acceptors (Lipinski definition) is 2. The molecule has 0 aromatic heterocycles. The average molecular weight is 169 g/mol. The lowest BCUT2D eigenvalue weighted by atomic mass is 10.4. The van der Waals surface area contributed by atoms with Crippen LogP contribution in [0.3, 0.4) is 0 Å². The molecule has 0 bridgehead atoms. The summed E-state index contributed by atoms with van der Waals surface area (Å²) in [6, 6.07) is 0. The van der Waals surface area contributed by atoms with Crippen molar-refractivity contribution in [1.29, 1.82) is 0 Å². The Kier molecular flexibility index (Phi) is 6.72. The van der Waals surface area contributed by atoms with Crippen molar-refractivity contribution < 1.29 is 4.74 Å². The summed E-state index contributed by atoms with van der Waals surface area (Å²) in [6.07, 6.45) is 3.79. The van der Waals surface area contributed by atoms with Crippen molar-refractivity contribution in [2.24, 2.45) is 0 Å². The van der Waals surface area contributed by atoms with Crippen molar-refractivity contribution in [3.05, 3.63) is 25.3 Å². The third-order valence-electron chi connectivity index (χ3n) is 1.74. The molecule has 0 spiro atoms. The fourth-order valence-corrected chi connectivity index (χ4v) is 1.01. The third kappa shape index (κ3) is 4.31. The Labute approximate surface area is 75.5 Å². The number of hydrogen-bond donors (Lipinski definition) is 0. The summed E-state index contributed by atoms with van der Waals surface area (Å²) in [5.74, 6) is 0. The minimum Gasteiger partial charge on any atom is -0.359 e. The highest BCUT2D eigenvalue weighted by Gasteiger charge is 2.08. The van der Waals surface area contributed by atoms with Gasteiger partial charge in [-0.2, -0.15) is 0 Å². The second-order valence-corrected chi connectivity index (χ2v) is 2.60. The summed E-state index contributed by atoms with van der Waals surface area (Å²) in [6.45, 7) is 13.9. The maximum atomic E-state index is 5.46. The van der Waals surface area contributed by atoms with E-state index in [1.54, 1.807) is 6.08 Å². The Hall–Kier alpha value is -0.600. The maximum Gasteiger partial charge on any atom is 0.108 e. The SMILES string of the molecule is C=CCOC(C)N(CC)CC=C. The highest BCUT2D eigenvalue weighted by atomic mass is 16.5. The zero-order valence-electron chi connectivity index (χ0n) is 8.12. The van der Waals surface area contributed by atoms with Crippen LogP contribution in [0.25, 0.3) is 0 Å². The lowest BCUT2D eigenvalue weighted by Gasteiger charge is -2.25. The largest absolute Gasteiger partial charge is 0.359 e. The Morgan fingerprint density at radius 3 is 2.50 bits per heavy atom. The number of rotatable bonds is 7. The summed E-state index contributed by atoms with van der Waals surface area (Å²) < 4.78 is 5.46. The lowest BCUT2D eigenvalue weighted by molar-refractivity contribution is -0.0268. The zero-order valence-corrected chi connectivity index (χ0v) is 8.12. The van der Waals surface area contributed by atoms with E-state index in [2.05, 4.69) is 25.0 Å². The zero-order chi connectivity index (χ0) is 9.40. The molecule has 0 fully saturated rings. The van der Waals surface area contributed by atoms with Crippen LogP contribution in [-0.2, 0) is 4.74 Å². The van der Waals surface area contributed by atoms with Gasteiger partial charge in [0.15, 0.2) is 0 Å². The predicted octanol–water partition coefficient (Wildman–Crippen LogP) is 2.04. The van der Waals surface area contributed by atoms with Crippen molar-refractivity contribution in [3.63, 3.8) is 0 Å². The Morgan fingerprint density at radius 1 is 1.42 bits per heavy atom. The van der Waals surface area contributed by atoms with Gasteiger partial charge < -0.3 is 4.74 Å². The van der Waals surface area contributed by atoms with Crippen molar-refractivity contribution in [1.82, 2.24) is 4.90 Å². The van der Waals surface area contributed by atoms with E-state index in [9.17, 15) is 0 Å². The molecule has 0 aromatic carbocycles. The molecule has 0 radical (unpaired) electrons. The molecule has 0 saturated heterocycles. The minimum atomic E-state index is 0.144. The van der Waals surface area contributed by atoms with Gasteiger partial charge in [-0.1, -0.05) is 19.1 Å². The maximum absolute atomic E-state index is 5.46. The van der Waals surface area contributed by atoms with Gasteiger partial charge in [0.25, 0.3) is 0 Å². The molecule has 1 atom stereocenters. The first kappa shape index (κ1) is 11.4. The molecule has 0 aliphatic heterocycles. The molecule has 0 aliphatic rings. The molecule has 2 heteroatoms. The van der Waals surface area contributed by atoms with Crippen LogP contribution < -0.4 is 0 Å². The highest BCUT2D eigenvalue weighted by Crippen LogP contribution is 2.00. The van der Waals surface area contributed by atoms with E-state index in [-0.39, 0.29) is 6.23 Å². The van der Waals surface area contributed by atoms with E-state index in [1.165, 1.54) is 0 Å². The van der Waals surface area contributed by atoms with Crippen LogP contribution in [0.2, 0.25) is 0 Å². The summed E-state index contributed by atoms with van der Waals surface area (Å²) in [7, 11) is 0. The second kappa shape index (κ2) is 7.07. The van der Waals surface area contributed by atoms with Crippen LogP contribution in [0.5, 0.6) is 0 Å². The molecule has 2 nitrogen and oxygen atoms in total. The van der Waals surface area contributed by atoms with Crippen LogP contribution in [0.4, 0.5) is 0 Å². The smallest absolute Gasteiger partial charge is 0.108 e. The number of ether oxygens (including phenoxy) is 1. The van der Waals surface area contributed by atoms with Gasteiger partial charge in [0, 0.05) is 6.54 Å². The molecule has 0 aliphatic carbocycles. The Bertz CT molecular complexity index is 134. The molecule has 12 heavy (non-hydrogen) atoms. The van der Waals surface area contributed by atoms with Crippen LogP contribution in [-0.4, -0.2) is 30.8 Å². The normalized spacial score (nSPS) is 12.9. The topological polar surface area (TPSA) is 12.5 Å². The summed E-state index contributed by atoms with van der Waals surface area (Å²) in [5.41, 5.74) is 0. The van der Waals surface area contributed by atoms with Gasteiger partial charge in [-0.3, -0.25) is 4.90 Å². The van der Waals surface area contributed by atoms with Gasteiger partial charge in [-0.05, 0) is 13.5 Å². The molecule has 0 heterocycles. The first-order valence-corrected chi connectivity index (χ1v) is 4.33. The minimum absolute atomic E-state index is 0.144. The molecule has 70 valence electrons. The van der Waals surface area contributed by atoms with Crippen LogP contribution >= 0.6 is 0 Å². The number of likely N-dealkylation sites (N-methyl/N-ethyl adjacent to an activating group) is 1. The number of nitrogens with zero attached hydrogens (tertiary/aromatic N) is 1. The molecule has 1 unspecified atom stereocenters. The second-order valence-electron chi connectivity index (χ2n) is 2.60. The molecule has 0 amide bonds. The van der Waals surface area contributed by atoms with Gasteiger partial charge in [0.05, 0.1) is 6.61 Å². The fraction of sp³-hybridized carbons (Fsp3) is 0.600. The summed E-state index contributed by atoms with van der Waals surface area (Å²) in [5, 5.41) is 0. The quantitative estimate of drug-likeness (QED) is 0.427. The van der Waals surface area contributed by atoms with Crippen molar-refractivity contribution >= 4 is 0 Å². The summed E-state index contributed by atoms with van der Waals surface area (Å²) in [4.78, 5) is 2.19. The van der Waals surface area contributed by atoms with E-state index in [0.29, 0.717) is 6.61 Å². The van der Waals surface area contributed by atoms with E-state index in [0.717, 1.165) is 13.1 Å². The molecule has 0 rings (SSSR count). The highest BCUT2D eigenvalue weighted by molar-refractivity contribution is 4.74. The van der Waals surface area contributed by atoms with Crippen molar-refractivity contribution in [2.75, 3.05) is 19.7 Å². The van der Waals surface area contributed by atoms with Crippen molar-refractivity contribution in [2.45, 2.75) is 20.1 Å². The van der Waals surface area contributed by atoms with Gasteiger partial charge in [-0.25, -0.2) is 0 Å². The van der Waals surface area contributed by atoms with Gasteiger partial charge in [0.2, 0.25) is 0 Å². The monoisotopic (exact) mass is 169 g/mol. The van der Waals surface area contributed by atoms with E-state index in [4.69, 9.17) is 4.74 Å². The molecule has 0 N–H and O–H groups in total. The van der Waals surface area contributed by atoms with Gasteiger partial charge in [-0.15, -0.1) is 13.2 Å². The molecular formula is C10H19NO. The first-order valence-electron chi connectivity index (χ1n) is 4.33. The van der Waals surface area contributed by atoms with Crippen LogP contribution in [0.1, 0.15) is 13.8 Å². The van der Waals surface area contributed by atoms with E-state index in [1.807, 2.05) is 13.0 Å². The fourth-order valence-electron chi connectivity index (χ4n) is 1.01. The molecule has 0 aromatic rings. The van der Waals surface area contributed by atoms with E-state index < -0.39 is 0 Å². The molecular weight excluding hydrogens is 150 g/mol. The lowest BCUT2D eigenvalue weighted by Crippen LogP contribution is -2.35. The first-order chi connectivity index (χ1) is 5.76. The standard InChI is InChI=1S/C10H19NO/c1-5-8-11(7-3)10(4)12-9-6-2/h5-6,10H,1-2,7-9H2,3-4H3. The van der Waals surface area contributed by atoms with Crippen molar-refractivity contribution in [3.8, 4) is 0 Å². The van der Waals surface area contributed by atoms with Gasteiger partial charge in [0.1, 0.15) is 6.23 Å². The van der Waals surface area contributed by atoms with Gasteiger partial charge >= 0.3 is 0 Å². The van der Waals surface area contributed by atoms with Crippen LogP contribution in [0.15, 0.2) is 25.3 Å². The predicted molar refractivity (Wildman–Crippen MR) is 53.1 cm³/mol. The van der Waals surface area contributed by atoms with Crippen LogP contribution in [0, 0.1) is 0 Å². The Morgan fingerprint density at radius 2 is 2.08 bits per heavy atom. The molecule has 0 saturated carbocycles. The van der Waals surface area contributed by atoms with E-state index >= 15 is 0 Å². The summed E-state index contributed by atoms with van der Waals surface area (Å²) >= 11 is 0. The average Bonchev–Trinajstić information content (AvgIpc) is 2.10.